The van der Waals surface area contributed by atoms with E-state index >= 15 is 0 Å². The molecule has 0 N–H and O–H groups in total. The zero-order valence-electron chi connectivity index (χ0n) is 13.0. The van der Waals surface area contributed by atoms with E-state index in [9.17, 15) is 4.79 Å². The summed E-state index contributed by atoms with van der Waals surface area (Å²) in [5, 5.41) is 0.952. The Labute approximate surface area is 134 Å². The molecule has 4 heteroatoms. The topological polar surface area (TPSA) is 48.7 Å². The maximum absolute atomic E-state index is 11.9. The molecule has 0 atom stereocenters. The molecular formula is C19H18O4. The molecule has 0 spiro atoms. The van der Waals surface area contributed by atoms with Gasteiger partial charge in [-0.05, 0) is 30.7 Å². The highest BCUT2D eigenvalue weighted by molar-refractivity contribution is 5.86. The quantitative estimate of drug-likeness (QED) is 0.512. The van der Waals surface area contributed by atoms with E-state index in [0.29, 0.717) is 6.61 Å². The van der Waals surface area contributed by atoms with Crippen LogP contribution >= 0.6 is 0 Å². The number of fused-ring (bicyclic) bond motifs is 1. The lowest BCUT2D eigenvalue weighted by Crippen LogP contribution is -2.13. The predicted molar refractivity (Wildman–Crippen MR) is 87.6 cm³/mol. The Balaban J connectivity index is 1.49. The number of ether oxygens (including phenoxy) is 2. The number of aryl methyl sites for hydroxylation is 1. The van der Waals surface area contributed by atoms with Crippen LogP contribution in [0.5, 0.6) is 5.75 Å². The Morgan fingerprint density at radius 3 is 2.74 bits per heavy atom. The lowest BCUT2D eigenvalue weighted by molar-refractivity contribution is -0.143. The van der Waals surface area contributed by atoms with Crippen LogP contribution in [-0.4, -0.2) is 19.2 Å². The summed E-state index contributed by atoms with van der Waals surface area (Å²) < 4.78 is 16.2. The van der Waals surface area contributed by atoms with E-state index in [1.165, 1.54) is 0 Å². The molecule has 4 nitrogen and oxygen atoms in total. The van der Waals surface area contributed by atoms with Crippen molar-refractivity contribution in [3.8, 4) is 5.75 Å². The lowest BCUT2D eigenvalue weighted by atomic mass is 10.1. The third-order valence-corrected chi connectivity index (χ3v) is 3.50. The van der Waals surface area contributed by atoms with Crippen molar-refractivity contribution in [2.45, 2.75) is 13.3 Å². The van der Waals surface area contributed by atoms with Crippen LogP contribution in [0, 0.1) is 6.92 Å². The van der Waals surface area contributed by atoms with Gasteiger partial charge in [-0.2, -0.15) is 0 Å². The van der Waals surface area contributed by atoms with Gasteiger partial charge in [0, 0.05) is 10.9 Å². The Hall–Kier alpha value is -2.75. The predicted octanol–water partition coefficient (Wildman–Crippen LogP) is 3.91. The molecule has 2 aromatic carbocycles. The fourth-order valence-corrected chi connectivity index (χ4v) is 2.37. The molecule has 0 aliphatic rings. The van der Waals surface area contributed by atoms with Crippen molar-refractivity contribution in [1.29, 1.82) is 0 Å². The van der Waals surface area contributed by atoms with E-state index in [1.54, 1.807) is 6.26 Å². The highest BCUT2D eigenvalue weighted by Gasteiger charge is 2.11. The van der Waals surface area contributed by atoms with Crippen molar-refractivity contribution >= 4 is 16.9 Å². The van der Waals surface area contributed by atoms with Crippen molar-refractivity contribution in [3.63, 3.8) is 0 Å². The smallest absolute Gasteiger partial charge is 0.310 e. The van der Waals surface area contributed by atoms with Gasteiger partial charge in [0.1, 0.15) is 24.5 Å². The number of hydrogen-bond acceptors (Lipinski definition) is 4. The van der Waals surface area contributed by atoms with Crippen LogP contribution < -0.4 is 4.74 Å². The van der Waals surface area contributed by atoms with Crippen molar-refractivity contribution in [3.05, 3.63) is 65.9 Å². The SMILES string of the molecule is Cc1ccc2c(CC(=O)OCCOc3ccccc3)coc2c1. The molecule has 1 aromatic heterocycles. The van der Waals surface area contributed by atoms with E-state index in [2.05, 4.69) is 0 Å². The van der Waals surface area contributed by atoms with E-state index in [0.717, 1.165) is 27.8 Å². The van der Waals surface area contributed by atoms with Crippen LogP contribution in [0.15, 0.2) is 59.2 Å². The van der Waals surface area contributed by atoms with Gasteiger partial charge in [0.15, 0.2) is 0 Å². The highest BCUT2D eigenvalue weighted by Crippen LogP contribution is 2.22. The summed E-state index contributed by atoms with van der Waals surface area (Å²) in [5.41, 5.74) is 2.76. The first-order valence-electron chi connectivity index (χ1n) is 7.52. The van der Waals surface area contributed by atoms with Gasteiger partial charge in [0.2, 0.25) is 0 Å². The van der Waals surface area contributed by atoms with Gasteiger partial charge in [-0.15, -0.1) is 0 Å². The van der Waals surface area contributed by atoms with Gasteiger partial charge in [-0.3, -0.25) is 4.79 Å². The normalized spacial score (nSPS) is 10.7. The molecular weight excluding hydrogens is 292 g/mol. The zero-order chi connectivity index (χ0) is 16.1. The van der Waals surface area contributed by atoms with Crippen LogP contribution in [0.2, 0.25) is 0 Å². The second kappa shape index (κ2) is 7.01. The first-order chi connectivity index (χ1) is 11.2. The molecule has 0 aliphatic heterocycles. The Morgan fingerprint density at radius 2 is 1.91 bits per heavy atom. The Bertz CT molecular complexity index is 789. The maximum Gasteiger partial charge on any atom is 0.310 e. The summed E-state index contributed by atoms with van der Waals surface area (Å²) in [5.74, 6) is 0.477. The monoisotopic (exact) mass is 310 g/mol. The highest BCUT2D eigenvalue weighted by atomic mass is 16.6. The van der Waals surface area contributed by atoms with Gasteiger partial charge in [0.25, 0.3) is 0 Å². The molecule has 3 rings (SSSR count). The molecule has 118 valence electrons. The van der Waals surface area contributed by atoms with Crippen LogP contribution in [0.4, 0.5) is 0 Å². The number of furan rings is 1. The number of para-hydroxylation sites is 1. The van der Waals surface area contributed by atoms with Gasteiger partial charge >= 0.3 is 5.97 Å². The first kappa shape index (κ1) is 15.2. The second-order valence-corrected chi connectivity index (χ2v) is 5.32. The van der Waals surface area contributed by atoms with E-state index in [1.807, 2.05) is 55.5 Å². The van der Waals surface area contributed by atoms with Crippen LogP contribution in [0.3, 0.4) is 0 Å². The molecule has 0 bridgehead atoms. The van der Waals surface area contributed by atoms with E-state index in [4.69, 9.17) is 13.9 Å². The van der Waals surface area contributed by atoms with Crippen LogP contribution in [-0.2, 0) is 16.0 Å². The lowest BCUT2D eigenvalue weighted by Gasteiger charge is -2.07. The summed E-state index contributed by atoms with van der Waals surface area (Å²) in [4.78, 5) is 11.9. The maximum atomic E-state index is 11.9. The van der Waals surface area contributed by atoms with Crippen molar-refractivity contribution in [2.24, 2.45) is 0 Å². The number of benzene rings is 2. The molecule has 3 aromatic rings. The van der Waals surface area contributed by atoms with Crippen LogP contribution in [0.1, 0.15) is 11.1 Å². The van der Waals surface area contributed by atoms with Crippen molar-refractivity contribution in [1.82, 2.24) is 0 Å². The molecule has 0 saturated heterocycles. The Morgan fingerprint density at radius 1 is 1.09 bits per heavy atom. The van der Waals surface area contributed by atoms with Gasteiger partial charge < -0.3 is 13.9 Å². The number of esters is 1. The number of rotatable bonds is 6. The molecule has 1 heterocycles. The average Bonchev–Trinajstić information content (AvgIpc) is 2.94. The average molecular weight is 310 g/mol. The molecule has 0 amide bonds. The zero-order valence-corrected chi connectivity index (χ0v) is 13.0. The molecule has 0 unspecified atom stereocenters. The second-order valence-electron chi connectivity index (χ2n) is 5.32. The molecule has 0 saturated carbocycles. The minimum absolute atomic E-state index is 0.196. The standard InChI is InChI=1S/C19H18O4/c1-14-7-8-17-15(13-23-18(17)11-14)12-19(20)22-10-9-21-16-5-3-2-4-6-16/h2-8,11,13H,9-10,12H2,1H3. The third-order valence-electron chi connectivity index (χ3n) is 3.50. The summed E-state index contributed by atoms with van der Waals surface area (Å²) in [6, 6.07) is 15.4. The molecule has 0 fully saturated rings. The number of hydrogen-bond donors (Lipinski definition) is 0. The fourth-order valence-electron chi connectivity index (χ4n) is 2.37. The largest absolute Gasteiger partial charge is 0.490 e. The first-order valence-corrected chi connectivity index (χ1v) is 7.52. The summed E-state index contributed by atoms with van der Waals surface area (Å²) in [7, 11) is 0. The summed E-state index contributed by atoms with van der Waals surface area (Å²) in [6.45, 7) is 2.56. The Kier molecular flexibility index (Phi) is 4.62. The van der Waals surface area contributed by atoms with Crippen molar-refractivity contribution < 1.29 is 18.7 Å². The fraction of sp³-hybridized carbons (Fsp3) is 0.211. The van der Waals surface area contributed by atoms with E-state index < -0.39 is 0 Å². The van der Waals surface area contributed by atoms with Gasteiger partial charge in [0.05, 0.1) is 12.7 Å². The molecule has 23 heavy (non-hydrogen) atoms. The van der Waals surface area contributed by atoms with E-state index in [-0.39, 0.29) is 19.0 Å². The number of carbonyl (C=O) groups is 1. The summed E-state index contributed by atoms with van der Waals surface area (Å²) >= 11 is 0. The van der Waals surface area contributed by atoms with Crippen molar-refractivity contribution in [2.75, 3.05) is 13.2 Å². The minimum Gasteiger partial charge on any atom is -0.490 e. The minimum atomic E-state index is -0.287. The molecule has 0 radical (unpaired) electrons. The molecule has 0 aliphatic carbocycles. The van der Waals surface area contributed by atoms with Crippen LogP contribution in [0.25, 0.3) is 11.0 Å². The van der Waals surface area contributed by atoms with Gasteiger partial charge in [-0.25, -0.2) is 0 Å². The number of carbonyl (C=O) groups excluding carboxylic acids is 1. The summed E-state index contributed by atoms with van der Waals surface area (Å²) in [6.07, 6.45) is 1.81. The third kappa shape index (κ3) is 3.92. The van der Waals surface area contributed by atoms with Gasteiger partial charge in [-0.1, -0.05) is 30.3 Å².